The van der Waals surface area contributed by atoms with E-state index >= 15 is 0 Å². The molecular formula is C20H30N4O3. The summed E-state index contributed by atoms with van der Waals surface area (Å²) in [6, 6.07) is -0.360. The van der Waals surface area contributed by atoms with Crippen LogP contribution in [-0.2, 0) is 16.1 Å². The van der Waals surface area contributed by atoms with E-state index in [0.717, 1.165) is 37.0 Å². The van der Waals surface area contributed by atoms with Crippen molar-refractivity contribution >= 4 is 11.9 Å². The topological polar surface area (TPSA) is 85.2 Å². The second-order valence-electron chi connectivity index (χ2n) is 8.71. The minimum Gasteiger partial charge on any atom is -0.371 e. The highest BCUT2D eigenvalue weighted by Gasteiger charge is 2.51. The summed E-state index contributed by atoms with van der Waals surface area (Å²) in [5, 5.41) is 5.69. The number of urea groups is 1. The SMILES string of the molecule is CCOC(C)c1nccn1CC(=O)NC(=O)NC12CC3CC(CC(C3)C1)C2. The molecule has 0 aliphatic heterocycles. The fraction of sp³-hybridized carbons (Fsp3) is 0.750. The highest BCUT2D eigenvalue weighted by atomic mass is 16.5. The first kappa shape index (κ1) is 18.5. The van der Waals surface area contributed by atoms with E-state index in [1.54, 1.807) is 17.0 Å². The Morgan fingerprint density at radius 1 is 1.26 bits per heavy atom. The molecule has 4 aliphatic carbocycles. The first-order chi connectivity index (χ1) is 13.0. The van der Waals surface area contributed by atoms with Crippen LogP contribution in [0, 0.1) is 17.8 Å². The van der Waals surface area contributed by atoms with Gasteiger partial charge in [-0.1, -0.05) is 0 Å². The van der Waals surface area contributed by atoms with E-state index in [4.69, 9.17) is 4.74 Å². The molecule has 1 aromatic rings. The monoisotopic (exact) mass is 374 g/mol. The van der Waals surface area contributed by atoms with Crippen LogP contribution >= 0.6 is 0 Å². The van der Waals surface area contributed by atoms with Crippen molar-refractivity contribution in [3.05, 3.63) is 18.2 Å². The summed E-state index contributed by atoms with van der Waals surface area (Å²) in [5.74, 6) is 2.61. The molecule has 27 heavy (non-hydrogen) atoms. The molecule has 1 atom stereocenters. The van der Waals surface area contributed by atoms with Crippen molar-refractivity contribution in [2.24, 2.45) is 17.8 Å². The van der Waals surface area contributed by atoms with E-state index < -0.39 is 0 Å². The third kappa shape index (κ3) is 3.88. The molecule has 5 rings (SSSR count). The number of imidazole rings is 1. The van der Waals surface area contributed by atoms with Crippen LogP contribution in [0.15, 0.2) is 12.4 Å². The lowest BCUT2D eigenvalue weighted by Crippen LogP contribution is -2.62. The third-order valence-electron chi connectivity index (χ3n) is 6.51. The van der Waals surface area contributed by atoms with Crippen LogP contribution in [0.25, 0.3) is 0 Å². The number of amides is 3. The molecule has 3 amide bonds. The van der Waals surface area contributed by atoms with Crippen molar-refractivity contribution < 1.29 is 14.3 Å². The van der Waals surface area contributed by atoms with Gasteiger partial charge in [-0.15, -0.1) is 0 Å². The van der Waals surface area contributed by atoms with Crippen molar-refractivity contribution in [2.45, 2.75) is 70.6 Å². The molecule has 4 aliphatic rings. The van der Waals surface area contributed by atoms with Crippen LogP contribution in [0.1, 0.15) is 64.3 Å². The van der Waals surface area contributed by atoms with Gasteiger partial charge < -0.3 is 14.6 Å². The van der Waals surface area contributed by atoms with Gasteiger partial charge >= 0.3 is 6.03 Å². The van der Waals surface area contributed by atoms with Crippen molar-refractivity contribution in [3.8, 4) is 0 Å². The van der Waals surface area contributed by atoms with E-state index in [9.17, 15) is 9.59 Å². The van der Waals surface area contributed by atoms with Gasteiger partial charge in [0.2, 0.25) is 5.91 Å². The minimum absolute atomic E-state index is 0.0566. The number of hydrogen-bond donors (Lipinski definition) is 2. The quantitative estimate of drug-likeness (QED) is 0.802. The molecular weight excluding hydrogens is 344 g/mol. The van der Waals surface area contributed by atoms with Crippen LogP contribution in [0.5, 0.6) is 0 Å². The summed E-state index contributed by atoms with van der Waals surface area (Å²) in [6.07, 6.45) is 10.4. The van der Waals surface area contributed by atoms with Gasteiger partial charge in [0.15, 0.2) is 0 Å². The molecule has 4 fully saturated rings. The Morgan fingerprint density at radius 2 is 1.89 bits per heavy atom. The summed E-state index contributed by atoms with van der Waals surface area (Å²) < 4.78 is 7.28. The number of rotatable bonds is 6. The third-order valence-corrected chi connectivity index (χ3v) is 6.51. The lowest BCUT2D eigenvalue weighted by molar-refractivity contribution is -0.120. The molecule has 7 heteroatoms. The predicted octanol–water partition coefficient (Wildman–Crippen LogP) is 2.78. The highest BCUT2D eigenvalue weighted by molar-refractivity contribution is 5.94. The zero-order valence-electron chi connectivity index (χ0n) is 16.2. The fourth-order valence-electron chi connectivity index (χ4n) is 5.99. The zero-order valence-corrected chi connectivity index (χ0v) is 16.2. The number of carbonyl (C=O) groups excluding carboxylic acids is 2. The molecule has 1 aromatic heterocycles. The lowest BCUT2D eigenvalue weighted by atomic mass is 9.53. The zero-order chi connectivity index (χ0) is 19.0. The van der Waals surface area contributed by atoms with Crippen LogP contribution < -0.4 is 10.6 Å². The molecule has 0 saturated heterocycles. The van der Waals surface area contributed by atoms with E-state index in [2.05, 4.69) is 15.6 Å². The van der Waals surface area contributed by atoms with Gasteiger partial charge in [-0.05, 0) is 70.1 Å². The smallest absolute Gasteiger partial charge is 0.321 e. The van der Waals surface area contributed by atoms with Crippen LogP contribution in [0.3, 0.4) is 0 Å². The van der Waals surface area contributed by atoms with Gasteiger partial charge in [-0.25, -0.2) is 9.78 Å². The summed E-state index contributed by atoms with van der Waals surface area (Å²) in [7, 11) is 0. The molecule has 2 N–H and O–H groups in total. The van der Waals surface area contributed by atoms with Crippen molar-refractivity contribution in [2.75, 3.05) is 6.61 Å². The Balaban J connectivity index is 1.33. The van der Waals surface area contributed by atoms with Crippen LogP contribution in [0.2, 0.25) is 0 Å². The van der Waals surface area contributed by atoms with Gasteiger partial charge in [0.05, 0.1) is 0 Å². The maximum absolute atomic E-state index is 12.5. The fourth-order valence-corrected chi connectivity index (χ4v) is 5.99. The van der Waals surface area contributed by atoms with Crippen molar-refractivity contribution in [1.29, 1.82) is 0 Å². The van der Waals surface area contributed by atoms with Gasteiger partial charge in [-0.2, -0.15) is 0 Å². The molecule has 0 aromatic carbocycles. The summed E-state index contributed by atoms with van der Waals surface area (Å²) in [6.45, 7) is 4.46. The number of aromatic nitrogens is 2. The van der Waals surface area contributed by atoms with E-state index in [1.807, 2.05) is 13.8 Å². The first-order valence-corrected chi connectivity index (χ1v) is 10.2. The number of carbonyl (C=O) groups is 2. The Labute approximate surface area is 160 Å². The Hall–Kier alpha value is -1.89. The molecule has 148 valence electrons. The number of nitrogens with zero attached hydrogens (tertiary/aromatic N) is 2. The standard InChI is InChI=1S/C20H30N4O3/c1-3-27-13(2)18-21-4-5-24(18)12-17(25)22-19(26)23-20-9-14-6-15(10-20)8-16(7-14)11-20/h4-5,13-16H,3,6-12H2,1-2H3,(H2,22,23,25,26). The Bertz CT molecular complexity index is 679. The number of hydrogen-bond acceptors (Lipinski definition) is 4. The largest absolute Gasteiger partial charge is 0.371 e. The average Bonchev–Trinajstić information content (AvgIpc) is 3.00. The second-order valence-corrected chi connectivity index (χ2v) is 8.71. The highest BCUT2D eigenvalue weighted by Crippen LogP contribution is 2.55. The van der Waals surface area contributed by atoms with E-state index in [0.29, 0.717) is 12.4 Å². The molecule has 0 radical (unpaired) electrons. The van der Waals surface area contributed by atoms with Gasteiger partial charge in [0, 0.05) is 24.5 Å². The molecule has 0 spiro atoms. The lowest BCUT2D eigenvalue weighted by Gasteiger charge is -2.56. The van der Waals surface area contributed by atoms with Gasteiger partial charge in [0.1, 0.15) is 18.5 Å². The van der Waals surface area contributed by atoms with Crippen LogP contribution in [0.4, 0.5) is 4.79 Å². The van der Waals surface area contributed by atoms with Crippen molar-refractivity contribution in [1.82, 2.24) is 20.2 Å². The average molecular weight is 374 g/mol. The maximum atomic E-state index is 12.5. The Morgan fingerprint density at radius 3 is 2.48 bits per heavy atom. The summed E-state index contributed by atoms with van der Waals surface area (Å²) in [5.41, 5.74) is -0.0945. The maximum Gasteiger partial charge on any atom is 0.321 e. The second kappa shape index (κ2) is 7.26. The number of ether oxygens (including phenoxy) is 1. The molecule has 1 unspecified atom stereocenters. The summed E-state index contributed by atoms with van der Waals surface area (Å²) in [4.78, 5) is 29.1. The first-order valence-electron chi connectivity index (χ1n) is 10.2. The van der Waals surface area contributed by atoms with E-state index in [-0.39, 0.29) is 30.1 Å². The minimum atomic E-state index is -0.360. The number of imide groups is 1. The molecule has 4 saturated carbocycles. The Kier molecular flexibility index (Phi) is 4.97. The molecule has 7 nitrogen and oxygen atoms in total. The predicted molar refractivity (Wildman–Crippen MR) is 99.8 cm³/mol. The summed E-state index contributed by atoms with van der Waals surface area (Å²) >= 11 is 0. The molecule has 1 heterocycles. The van der Waals surface area contributed by atoms with Gasteiger partial charge in [-0.3, -0.25) is 10.1 Å². The van der Waals surface area contributed by atoms with Gasteiger partial charge in [0.25, 0.3) is 0 Å². The molecule has 4 bridgehead atoms. The van der Waals surface area contributed by atoms with E-state index in [1.165, 1.54) is 19.3 Å². The normalized spacial score (nSPS) is 32.3. The van der Waals surface area contributed by atoms with Crippen LogP contribution in [-0.4, -0.2) is 33.6 Å². The number of nitrogens with one attached hydrogen (secondary N) is 2. The van der Waals surface area contributed by atoms with Crippen molar-refractivity contribution in [3.63, 3.8) is 0 Å².